The number of carbonyl (C=O) groups is 2. The third kappa shape index (κ3) is 5.65. The van der Waals surface area contributed by atoms with Crippen LogP contribution in [0.5, 0.6) is 0 Å². The van der Waals surface area contributed by atoms with Crippen LogP contribution < -0.4 is 5.32 Å². The Balaban J connectivity index is 1.35. The molecule has 3 aromatic rings. The lowest BCUT2D eigenvalue weighted by Crippen LogP contribution is -2.38. The van der Waals surface area contributed by atoms with Gasteiger partial charge in [0.05, 0.1) is 21.2 Å². The number of hydrogen-bond acceptors (Lipinski definition) is 4. The summed E-state index contributed by atoms with van der Waals surface area (Å²) in [5.41, 5.74) is -0.841. The Labute approximate surface area is 207 Å². The molecular weight excluding hydrogens is 506 g/mol. The number of aromatic nitrogens is 1. The molecule has 11 heteroatoms. The predicted molar refractivity (Wildman–Crippen MR) is 124 cm³/mol. The summed E-state index contributed by atoms with van der Waals surface area (Å²) >= 11 is 7.29. The fraction of sp³-hybridized carbons (Fsp3) is 0.292. The quantitative estimate of drug-likeness (QED) is 0.422. The van der Waals surface area contributed by atoms with Crippen LogP contribution in [0.3, 0.4) is 0 Å². The molecule has 0 saturated carbocycles. The Bertz CT molecular complexity index is 1220. The van der Waals surface area contributed by atoms with E-state index in [0.29, 0.717) is 30.9 Å². The topological polar surface area (TPSA) is 62.3 Å². The number of halogens is 5. The van der Waals surface area contributed by atoms with Gasteiger partial charge >= 0.3 is 6.18 Å². The van der Waals surface area contributed by atoms with Crippen LogP contribution in [0, 0.1) is 5.82 Å². The minimum Gasteiger partial charge on any atom is -0.347 e. The van der Waals surface area contributed by atoms with E-state index in [0.717, 1.165) is 6.07 Å². The zero-order valence-electron chi connectivity index (χ0n) is 18.2. The van der Waals surface area contributed by atoms with Crippen molar-refractivity contribution >= 4 is 34.8 Å². The van der Waals surface area contributed by atoms with Crippen molar-refractivity contribution in [3.8, 4) is 0 Å². The smallest absolute Gasteiger partial charge is 0.347 e. The first-order chi connectivity index (χ1) is 16.6. The molecule has 1 N–H and O–H groups in total. The highest BCUT2D eigenvalue weighted by atomic mass is 35.5. The van der Waals surface area contributed by atoms with Crippen molar-refractivity contribution in [2.24, 2.45) is 0 Å². The first-order valence-corrected chi connectivity index (χ1v) is 12.0. The highest BCUT2D eigenvalue weighted by molar-refractivity contribution is 7.09. The van der Waals surface area contributed by atoms with Crippen molar-refractivity contribution < 1.29 is 27.2 Å². The highest BCUT2D eigenvalue weighted by Gasteiger charge is 2.33. The molecule has 184 valence electrons. The summed E-state index contributed by atoms with van der Waals surface area (Å²) in [6, 6.07) is 9.16. The van der Waals surface area contributed by atoms with Crippen LogP contribution in [0.15, 0.2) is 47.8 Å². The molecule has 1 aliphatic heterocycles. The average Bonchev–Trinajstić information content (AvgIpc) is 3.32. The number of thiazole rings is 1. The van der Waals surface area contributed by atoms with Crippen molar-refractivity contribution in [1.29, 1.82) is 0 Å². The SMILES string of the molecule is O=C(NCc1ccccc1C(F)(F)F)c1csc(C2CCN(C(=O)c3c(F)cccc3Cl)CC2)n1. The molecular formula is C24H20ClF4N3O2S. The Morgan fingerprint density at radius 3 is 2.51 bits per heavy atom. The van der Waals surface area contributed by atoms with Crippen LogP contribution in [0.1, 0.15) is 55.7 Å². The third-order valence-corrected chi connectivity index (χ3v) is 7.15. The van der Waals surface area contributed by atoms with Gasteiger partial charge in [-0.1, -0.05) is 35.9 Å². The summed E-state index contributed by atoms with van der Waals surface area (Å²) in [7, 11) is 0. The summed E-state index contributed by atoms with van der Waals surface area (Å²) in [6.07, 6.45) is -3.36. The van der Waals surface area contributed by atoms with Crippen LogP contribution in [0.4, 0.5) is 17.6 Å². The predicted octanol–water partition coefficient (Wildman–Crippen LogP) is 5.90. The molecule has 2 heterocycles. The maximum absolute atomic E-state index is 14.1. The first-order valence-electron chi connectivity index (χ1n) is 10.8. The lowest BCUT2D eigenvalue weighted by Gasteiger charge is -2.31. The van der Waals surface area contributed by atoms with E-state index in [1.807, 2.05) is 0 Å². The fourth-order valence-electron chi connectivity index (χ4n) is 3.99. The third-order valence-electron chi connectivity index (χ3n) is 5.82. The number of rotatable bonds is 5. The van der Waals surface area contributed by atoms with E-state index in [1.165, 1.54) is 47.7 Å². The molecule has 4 rings (SSSR count). The zero-order chi connectivity index (χ0) is 25.2. The number of benzene rings is 2. The van der Waals surface area contributed by atoms with E-state index in [9.17, 15) is 27.2 Å². The molecule has 35 heavy (non-hydrogen) atoms. The van der Waals surface area contributed by atoms with Gasteiger partial charge in [0.1, 0.15) is 11.5 Å². The maximum Gasteiger partial charge on any atom is 0.416 e. The summed E-state index contributed by atoms with van der Waals surface area (Å²) in [4.78, 5) is 31.1. The van der Waals surface area contributed by atoms with E-state index in [4.69, 9.17) is 11.6 Å². The second-order valence-corrected chi connectivity index (χ2v) is 9.37. The van der Waals surface area contributed by atoms with E-state index in [1.54, 1.807) is 10.3 Å². The van der Waals surface area contributed by atoms with Gasteiger partial charge in [-0.05, 0) is 36.6 Å². The number of nitrogens with zero attached hydrogens (tertiary/aromatic N) is 2. The standard InChI is InChI=1S/C24H20ClF4N3O2S/c25-17-6-3-7-18(26)20(17)23(34)32-10-8-14(9-11-32)22-31-19(13-35-22)21(33)30-12-15-4-1-2-5-16(15)24(27,28)29/h1-7,13-14H,8-12H2,(H,30,33). The molecule has 0 radical (unpaired) electrons. The molecule has 0 unspecified atom stereocenters. The van der Waals surface area contributed by atoms with Crippen LogP contribution in [-0.2, 0) is 12.7 Å². The normalized spacial score (nSPS) is 14.7. The molecule has 5 nitrogen and oxygen atoms in total. The van der Waals surface area contributed by atoms with Gasteiger partial charge in [-0.2, -0.15) is 13.2 Å². The lowest BCUT2D eigenvalue weighted by molar-refractivity contribution is -0.138. The van der Waals surface area contributed by atoms with Gasteiger partial charge in [0.15, 0.2) is 0 Å². The van der Waals surface area contributed by atoms with Gasteiger partial charge in [0.2, 0.25) is 0 Å². The number of alkyl halides is 3. The molecule has 0 aliphatic carbocycles. The minimum atomic E-state index is -4.51. The number of amides is 2. The Morgan fingerprint density at radius 2 is 1.83 bits per heavy atom. The largest absolute Gasteiger partial charge is 0.416 e. The number of hydrogen-bond donors (Lipinski definition) is 1. The van der Waals surface area contributed by atoms with Gasteiger partial charge in [0.25, 0.3) is 11.8 Å². The van der Waals surface area contributed by atoms with E-state index >= 15 is 0 Å². The van der Waals surface area contributed by atoms with Gasteiger partial charge in [-0.25, -0.2) is 9.37 Å². The molecule has 0 spiro atoms. The Hall–Kier alpha value is -2.98. The number of piperidine rings is 1. The fourth-order valence-corrected chi connectivity index (χ4v) is 5.20. The highest BCUT2D eigenvalue weighted by Crippen LogP contribution is 2.33. The number of nitrogens with one attached hydrogen (secondary N) is 1. The summed E-state index contributed by atoms with van der Waals surface area (Å²) < 4.78 is 53.5. The molecule has 2 amide bonds. The van der Waals surface area contributed by atoms with Gasteiger partial charge < -0.3 is 10.2 Å². The van der Waals surface area contributed by atoms with Crippen molar-refractivity contribution in [2.45, 2.75) is 31.5 Å². The van der Waals surface area contributed by atoms with Crippen molar-refractivity contribution in [1.82, 2.24) is 15.2 Å². The molecule has 1 aromatic heterocycles. The molecule has 1 aliphatic rings. The van der Waals surface area contributed by atoms with Crippen LogP contribution >= 0.6 is 22.9 Å². The molecule has 2 aromatic carbocycles. The van der Waals surface area contributed by atoms with Crippen molar-refractivity contribution in [3.63, 3.8) is 0 Å². The lowest BCUT2D eigenvalue weighted by atomic mass is 9.97. The van der Waals surface area contributed by atoms with Gasteiger partial charge in [-0.3, -0.25) is 9.59 Å². The zero-order valence-corrected chi connectivity index (χ0v) is 19.8. The molecule has 0 atom stereocenters. The maximum atomic E-state index is 14.1. The number of likely N-dealkylation sites (tertiary alicyclic amines) is 1. The first kappa shape index (κ1) is 25.1. The van der Waals surface area contributed by atoms with Crippen LogP contribution in [-0.4, -0.2) is 34.8 Å². The minimum absolute atomic E-state index is 0.00708. The molecule has 0 bridgehead atoms. The van der Waals surface area contributed by atoms with E-state index in [2.05, 4.69) is 10.3 Å². The second kappa shape index (κ2) is 10.3. The van der Waals surface area contributed by atoms with Crippen molar-refractivity contribution in [3.05, 3.63) is 86.1 Å². The monoisotopic (exact) mass is 525 g/mol. The summed E-state index contributed by atoms with van der Waals surface area (Å²) in [5.74, 6) is -1.69. The van der Waals surface area contributed by atoms with E-state index in [-0.39, 0.29) is 34.3 Å². The second-order valence-electron chi connectivity index (χ2n) is 8.07. The van der Waals surface area contributed by atoms with Crippen LogP contribution in [0.2, 0.25) is 5.02 Å². The Kier molecular flexibility index (Phi) is 7.42. The Morgan fingerprint density at radius 1 is 1.11 bits per heavy atom. The van der Waals surface area contributed by atoms with Gasteiger partial charge in [-0.15, -0.1) is 11.3 Å². The summed E-state index contributed by atoms with van der Waals surface area (Å²) in [6.45, 7) is 0.480. The summed E-state index contributed by atoms with van der Waals surface area (Å²) in [5, 5.41) is 4.84. The number of carbonyl (C=O) groups excluding carboxylic acids is 2. The average molecular weight is 526 g/mol. The van der Waals surface area contributed by atoms with Crippen molar-refractivity contribution in [2.75, 3.05) is 13.1 Å². The molecule has 1 saturated heterocycles. The van der Waals surface area contributed by atoms with E-state index < -0.39 is 29.4 Å². The molecule has 1 fully saturated rings. The van der Waals surface area contributed by atoms with Gasteiger partial charge in [0, 0.05) is 30.9 Å². The van der Waals surface area contributed by atoms with Crippen LogP contribution in [0.25, 0.3) is 0 Å².